The zero-order chi connectivity index (χ0) is 21.4. The second kappa shape index (κ2) is 7.65. The van der Waals surface area contributed by atoms with Gasteiger partial charge in [-0.2, -0.15) is 0 Å². The van der Waals surface area contributed by atoms with Gasteiger partial charge in [0.2, 0.25) is 10.0 Å². The highest BCUT2D eigenvalue weighted by atomic mass is 32.2. The van der Waals surface area contributed by atoms with Crippen LogP contribution in [0.2, 0.25) is 0 Å². The third-order valence-electron chi connectivity index (χ3n) is 4.96. The van der Waals surface area contributed by atoms with Gasteiger partial charge in [-0.25, -0.2) is 27.5 Å². The molecule has 0 spiro atoms. The number of aromatic hydroxyl groups is 1. The van der Waals surface area contributed by atoms with Gasteiger partial charge in [0.05, 0.1) is 35.7 Å². The van der Waals surface area contributed by atoms with Gasteiger partial charge < -0.3 is 15.3 Å². The number of aliphatic hydroxyl groups excluding tert-OH is 1. The fourth-order valence-electron chi connectivity index (χ4n) is 3.69. The van der Waals surface area contributed by atoms with Crippen LogP contribution in [0.1, 0.15) is 18.4 Å². The van der Waals surface area contributed by atoms with Crippen molar-refractivity contribution >= 4 is 16.0 Å². The number of sulfonamides is 1. The summed E-state index contributed by atoms with van der Waals surface area (Å²) in [6, 6.07) is 3.45. The third-order valence-corrected chi connectivity index (χ3v) is 5.69. The first-order chi connectivity index (χ1) is 13.5. The van der Waals surface area contributed by atoms with E-state index in [0.29, 0.717) is 5.56 Å². The number of phenolic OH excluding ortho intramolecular Hbond substituents is 1. The van der Waals surface area contributed by atoms with Crippen LogP contribution < -0.4 is 4.72 Å². The Morgan fingerprint density at radius 2 is 1.97 bits per heavy atom. The van der Waals surface area contributed by atoms with Gasteiger partial charge in [-0.15, -0.1) is 0 Å². The van der Waals surface area contributed by atoms with Gasteiger partial charge in [0, 0.05) is 6.04 Å². The molecule has 1 aliphatic carbocycles. The summed E-state index contributed by atoms with van der Waals surface area (Å²) in [5.41, 5.74) is -0.688. The van der Waals surface area contributed by atoms with Crippen LogP contribution in [0.25, 0.3) is 11.4 Å². The highest BCUT2D eigenvalue weighted by Crippen LogP contribution is 2.42. The van der Waals surface area contributed by atoms with Crippen LogP contribution >= 0.6 is 0 Å². The molecule has 1 aromatic heterocycles. The zero-order valence-electron chi connectivity index (χ0n) is 15.4. The van der Waals surface area contributed by atoms with E-state index in [4.69, 9.17) is 0 Å². The quantitative estimate of drug-likeness (QED) is 0.528. The number of aliphatic carboxylic acids is 1. The van der Waals surface area contributed by atoms with Crippen LogP contribution in [0.15, 0.2) is 30.6 Å². The summed E-state index contributed by atoms with van der Waals surface area (Å²) in [5.74, 6) is -1.90. The summed E-state index contributed by atoms with van der Waals surface area (Å²) < 4.78 is 38.3. The number of carbonyl (C=O) groups is 1. The van der Waals surface area contributed by atoms with Crippen molar-refractivity contribution in [2.24, 2.45) is 5.41 Å². The number of phenols is 1. The zero-order valence-corrected chi connectivity index (χ0v) is 16.2. The van der Waals surface area contributed by atoms with Gasteiger partial charge >= 0.3 is 5.97 Å². The molecule has 0 unspecified atom stereocenters. The Hall–Kier alpha value is -2.63. The predicted molar refractivity (Wildman–Crippen MR) is 99.9 cm³/mol. The number of nitrogens with one attached hydrogen (secondary N) is 1. The van der Waals surface area contributed by atoms with Crippen LogP contribution in [0.5, 0.6) is 5.75 Å². The minimum atomic E-state index is -3.62. The Balaban J connectivity index is 1.91. The van der Waals surface area contributed by atoms with Crippen molar-refractivity contribution in [2.75, 3.05) is 6.26 Å². The summed E-state index contributed by atoms with van der Waals surface area (Å²) in [6.07, 6.45) is 1.42. The summed E-state index contributed by atoms with van der Waals surface area (Å²) in [4.78, 5) is 19.7. The Bertz CT molecular complexity index is 1030. The fraction of sp³-hybridized carbons (Fsp3) is 0.389. The second-order valence-electron chi connectivity index (χ2n) is 7.31. The number of aromatic nitrogens is 2. The van der Waals surface area contributed by atoms with Gasteiger partial charge in [0.15, 0.2) is 11.6 Å². The Kier molecular flexibility index (Phi) is 5.57. The largest absolute Gasteiger partial charge is 0.507 e. The van der Waals surface area contributed by atoms with Gasteiger partial charge in [-0.1, -0.05) is 6.07 Å². The number of nitrogens with zero attached hydrogens (tertiary/aromatic N) is 2. The molecule has 4 N–H and O–H groups in total. The number of benzene rings is 1. The van der Waals surface area contributed by atoms with Crippen molar-refractivity contribution in [1.29, 1.82) is 0 Å². The van der Waals surface area contributed by atoms with E-state index in [1.807, 2.05) is 0 Å². The lowest BCUT2D eigenvalue weighted by Gasteiger charge is -2.24. The Morgan fingerprint density at radius 3 is 2.55 bits per heavy atom. The van der Waals surface area contributed by atoms with Crippen LogP contribution in [0.4, 0.5) is 4.39 Å². The minimum Gasteiger partial charge on any atom is -0.507 e. The number of halogens is 1. The maximum Gasteiger partial charge on any atom is 0.310 e. The molecule has 0 amide bonds. The van der Waals surface area contributed by atoms with E-state index >= 15 is 0 Å². The molecule has 1 fully saturated rings. The normalized spacial score (nSPS) is 24.5. The lowest BCUT2D eigenvalue weighted by molar-refractivity contribution is -0.149. The summed E-state index contributed by atoms with van der Waals surface area (Å²) >= 11 is 0. The molecule has 1 aliphatic rings. The summed E-state index contributed by atoms with van der Waals surface area (Å²) in [5, 5.41) is 30.2. The van der Waals surface area contributed by atoms with Crippen LogP contribution in [-0.4, -0.2) is 58.1 Å². The lowest BCUT2D eigenvalue weighted by Crippen LogP contribution is -2.39. The highest BCUT2D eigenvalue weighted by Gasteiger charge is 2.50. The number of hydrogen-bond acceptors (Lipinski definition) is 7. The molecule has 1 saturated carbocycles. The van der Waals surface area contributed by atoms with E-state index in [1.54, 1.807) is 0 Å². The molecule has 2 aromatic rings. The van der Waals surface area contributed by atoms with Crippen molar-refractivity contribution in [3.05, 3.63) is 42.0 Å². The second-order valence-corrected chi connectivity index (χ2v) is 9.09. The standard InChI is InChI=1S/C18H20FN3O6S/c1-29(27,28)22-13-6-18(17(25)26,7-15(13)24)5-10-2-3-14(23)12(4-10)16-20-8-11(19)9-21-16/h2-4,8-9,13,15,22-24H,5-7H2,1H3,(H,25,26)/t13-,15-,18-/m1/s1. The molecular formula is C18H20FN3O6S. The summed E-state index contributed by atoms with van der Waals surface area (Å²) in [6.45, 7) is 0. The number of rotatable bonds is 6. The smallest absolute Gasteiger partial charge is 0.310 e. The fourth-order valence-corrected chi connectivity index (χ4v) is 4.48. The van der Waals surface area contributed by atoms with Crippen molar-refractivity contribution in [3.8, 4) is 17.1 Å². The number of carboxylic acids is 1. The molecule has 0 bridgehead atoms. The van der Waals surface area contributed by atoms with Crippen LogP contribution in [0.3, 0.4) is 0 Å². The van der Waals surface area contributed by atoms with Gasteiger partial charge in [-0.3, -0.25) is 4.79 Å². The molecule has 3 rings (SSSR count). The SMILES string of the molecule is CS(=O)(=O)N[C@@H]1C[C@@](Cc2ccc(O)c(-c3ncc(F)cn3)c2)(C(=O)O)C[C@H]1O. The number of hydrogen-bond donors (Lipinski definition) is 4. The van der Waals surface area contributed by atoms with E-state index < -0.39 is 39.4 Å². The van der Waals surface area contributed by atoms with Crippen LogP contribution in [-0.2, 0) is 21.2 Å². The van der Waals surface area contributed by atoms with E-state index in [9.17, 15) is 32.9 Å². The third kappa shape index (κ3) is 4.69. The Morgan fingerprint density at radius 1 is 1.31 bits per heavy atom. The van der Waals surface area contributed by atoms with Crippen molar-refractivity contribution in [1.82, 2.24) is 14.7 Å². The molecule has 29 heavy (non-hydrogen) atoms. The molecule has 0 saturated heterocycles. The molecule has 3 atom stereocenters. The minimum absolute atomic E-state index is 0.0180. The molecule has 156 valence electrons. The van der Waals surface area contributed by atoms with E-state index in [1.165, 1.54) is 18.2 Å². The maximum atomic E-state index is 13.1. The molecule has 1 heterocycles. The summed E-state index contributed by atoms with van der Waals surface area (Å²) in [7, 11) is -3.62. The van der Waals surface area contributed by atoms with E-state index in [0.717, 1.165) is 18.6 Å². The number of aliphatic hydroxyl groups is 1. The highest BCUT2D eigenvalue weighted by molar-refractivity contribution is 7.88. The monoisotopic (exact) mass is 425 g/mol. The molecule has 0 aliphatic heterocycles. The van der Waals surface area contributed by atoms with Crippen molar-refractivity contribution in [2.45, 2.75) is 31.4 Å². The maximum absolute atomic E-state index is 13.1. The van der Waals surface area contributed by atoms with E-state index in [-0.39, 0.29) is 36.4 Å². The average Bonchev–Trinajstić information content (AvgIpc) is 2.92. The van der Waals surface area contributed by atoms with Crippen molar-refractivity contribution < 1.29 is 32.9 Å². The van der Waals surface area contributed by atoms with Crippen molar-refractivity contribution in [3.63, 3.8) is 0 Å². The predicted octanol–water partition coefficient (Wildman–Crippen LogP) is 0.674. The van der Waals surface area contributed by atoms with Gasteiger partial charge in [0.25, 0.3) is 0 Å². The lowest BCUT2D eigenvalue weighted by atomic mass is 9.79. The first-order valence-electron chi connectivity index (χ1n) is 8.68. The first kappa shape index (κ1) is 21.1. The molecule has 11 heteroatoms. The van der Waals surface area contributed by atoms with Gasteiger partial charge in [0.1, 0.15) is 5.75 Å². The van der Waals surface area contributed by atoms with Gasteiger partial charge in [-0.05, 0) is 37.0 Å². The molecular weight excluding hydrogens is 405 g/mol. The average molecular weight is 425 g/mol. The molecule has 1 aromatic carbocycles. The molecule has 0 radical (unpaired) electrons. The topological polar surface area (TPSA) is 150 Å². The first-order valence-corrected chi connectivity index (χ1v) is 10.6. The van der Waals surface area contributed by atoms with Crippen LogP contribution in [0, 0.1) is 11.2 Å². The Labute approximate surface area is 166 Å². The van der Waals surface area contributed by atoms with E-state index in [2.05, 4.69) is 14.7 Å². The molecule has 9 nitrogen and oxygen atoms in total. The number of carboxylic acid groups (broad SMARTS) is 1.